The number of hydrogen-bond donors (Lipinski definition) is 2. The van der Waals surface area contributed by atoms with Gasteiger partial charge < -0.3 is 24.0 Å². The highest BCUT2D eigenvalue weighted by Gasteiger charge is 2.36. The number of unbranched alkanes of at least 4 members (excludes halogenated alkanes) is 12. The van der Waals surface area contributed by atoms with Gasteiger partial charge in [0.25, 0.3) is 0 Å². The molecule has 50 heavy (non-hydrogen) atoms. The molecule has 0 aromatic heterocycles. The first-order valence-electron chi connectivity index (χ1n) is 19.8. The van der Waals surface area contributed by atoms with Crippen molar-refractivity contribution in [3.05, 3.63) is 36.5 Å². The first kappa shape index (κ1) is 46.3. The number of carbonyl (C=O) groups is 2. The van der Waals surface area contributed by atoms with Crippen LogP contribution in [0.5, 0.6) is 0 Å². The van der Waals surface area contributed by atoms with Gasteiger partial charge in [-0.2, -0.15) is 0 Å². The fraction of sp³-hybridized carbons (Fsp3) is 0.800. The highest BCUT2D eigenvalue weighted by Crippen LogP contribution is 2.36. The molecule has 1 rings (SSSR count). The predicted octanol–water partition coefficient (Wildman–Crippen LogP) is 10.6. The summed E-state index contributed by atoms with van der Waals surface area (Å²) in [5.41, 5.74) is 0. The summed E-state index contributed by atoms with van der Waals surface area (Å²) in [7, 11) is -4.77. The molecule has 9 nitrogen and oxygen atoms in total. The molecule has 1 aliphatic rings. The van der Waals surface area contributed by atoms with Crippen LogP contribution < -0.4 is 0 Å². The number of carbonyl (C=O) groups excluding carboxylic acids is 2. The van der Waals surface area contributed by atoms with E-state index in [2.05, 4.69) is 55.7 Å². The van der Waals surface area contributed by atoms with Gasteiger partial charge in [-0.05, 0) is 50.9 Å². The lowest BCUT2D eigenvalue weighted by Gasteiger charge is -2.18. The Labute approximate surface area is 304 Å². The molecule has 0 saturated carbocycles. The van der Waals surface area contributed by atoms with Crippen molar-refractivity contribution in [1.29, 1.82) is 0 Å². The van der Waals surface area contributed by atoms with Crippen LogP contribution in [-0.4, -0.2) is 53.3 Å². The number of allylic oxidation sites excluding steroid dienone is 5. The minimum Gasteiger partial charge on any atom is -0.462 e. The number of hydrogen-bond acceptors (Lipinski definition) is 7. The molecule has 2 N–H and O–H groups in total. The summed E-state index contributed by atoms with van der Waals surface area (Å²) in [5, 5.41) is 0. The van der Waals surface area contributed by atoms with Crippen LogP contribution in [0.15, 0.2) is 36.5 Å². The second kappa shape index (κ2) is 30.8. The Bertz CT molecular complexity index is 989. The van der Waals surface area contributed by atoms with E-state index >= 15 is 0 Å². The molecule has 0 aromatic rings. The van der Waals surface area contributed by atoms with Gasteiger partial charge in [-0.25, -0.2) is 4.57 Å². The zero-order chi connectivity index (χ0) is 36.7. The van der Waals surface area contributed by atoms with Crippen LogP contribution in [0.2, 0.25) is 0 Å². The number of rotatable bonds is 34. The van der Waals surface area contributed by atoms with Crippen molar-refractivity contribution in [2.45, 2.75) is 187 Å². The largest absolute Gasteiger partial charge is 0.469 e. The van der Waals surface area contributed by atoms with E-state index in [1.54, 1.807) is 0 Å². The lowest BCUT2D eigenvalue weighted by Crippen LogP contribution is -2.29. The first-order valence-corrected chi connectivity index (χ1v) is 21.3. The molecular weight excluding hydrogens is 655 g/mol. The van der Waals surface area contributed by atoms with Gasteiger partial charge in [-0.3, -0.25) is 14.1 Å². The van der Waals surface area contributed by atoms with Gasteiger partial charge in [-0.1, -0.05) is 147 Å². The normalized spacial score (nSPS) is 17.5. The standard InChI is InChI=1S/C40H71O9P/c1-4-6-23-29-37-38(49-37)30-25-20-16-12-8-10-13-17-21-26-31-39(41)46-33-36(34-47-50(43,44)45)48-40(42)32-27-22-18-14-9-7-11-15-19-24-28-35(3)5-2/h8,12-13,17,20,25,35-38H,4-7,9-11,14-16,18-19,21-24,26-34H2,1-3H3,(H2,43,44,45)/b12-8-,17-13-,25-20-/t35?,36-,37?,38?/m1/s1. The Morgan fingerprint density at radius 1 is 0.720 bits per heavy atom. The van der Waals surface area contributed by atoms with Crippen LogP contribution >= 0.6 is 7.82 Å². The molecule has 290 valence electrons. The second-order valence-electron chi connectivity index (χ2n) is 13.9. The Morgan fingerprint density at radius 3 is 1.96 bits per heavy atom. The van der Waals surface area contributed by atoms with E-state index in [0.717, 1.165) is 50.9 Å². The summed E-state index contributed by atoms with van der Waals surface area (Å²) in [6.07, 6.45) is 36.2. The zero-order valence-electron chi connectivity index (χ0n) is 31.7. The highest BCUT2D eigenvalue weighted by molar-refractivity contribution is 7.46. The van der Waals surface area contributed by atoms with Crippen LogP contribution in [0.4, 0.5) is 0 Å². The molecule has 0 amide bonds. The molecule has 0 aliphatic carbocycles. The fourth-order valence-electron chi connectivity index (χ4n) is 5.67. The lowest BCUT2D eigenvalue weighted by atomic mass is 9.99. The average Bonchev–Trinajstić information content (AvgIpc) is 3.84. The van der Waals surface area contributed by atoms with E-state index in [1.165, 1.54) is 77.0 Å². The molecule has 1 heterocycles. The number of ether oxygens (including phenoxy) is 3. The molecule has 3 unspecified atom stereocenters. The summed E-state index contributed by atoms with van der Waals surface area (Å²) < 4.78 is 32.0. The Hall–Kier alpha value is -1.77. The van der Waals surface area contributed by atoms with Crippen molar-refractivity contribution < 1.29 is 42.7 Å². The minimum atomic E-state index is -4.77. The topological polar surface area (TPSA) is 132 Å². The van der Waals surface area contributed by atoms with Crippen LogP contribution in [0, 0.1) is 5.92 Å². The quantitative estimate of drug-likeness (QED) is 0.0219. The first-order chi connectivity index (χ1) is 24.1. The second-order valence-corrected chi connectivity index (χ2v) is 15.1. The van der Waals surface area contributed by atoms with Gasteiger partial charge in [0.05, 0.1) is 18.8 Å². The summed E-state index contributed by atoms with van der Waals surface area (Å²) in [4.78, 5) is 42.7. The van der Waals surface area contributed by atoms with E-state index < -0.39 is 32.5 Å². The van der Waals surface area contributed by atoms with E-state index in [4.69, 9.17) is 24.0 Å². The maximum absolute atomic E-state index is 12.4. The van der Waals surface area contributed by atoms with Crippen molar-refractivity contribution >= 4 is 19.8 Å². The number of phosphoric ester groups is 1. The number of esters is 2. The number of phosphoric acid groups is 1. The summed E-state index contributed by atoms with van der Waals surface area (Å²) in [5.74, 6) is -0.111. The molecule has 0 bridgehead atoms. The summed E-state index contributed by atoms with van der Waals surface area (Å²) in [6, 6.07) is 0. The van der Waals surface area contributed by atoms with Crippen molar-refractivity contribution in [1.82, 2.24) is 0 Å². The zero-order valence-corrected chi connectivity index (χ0v) is 32.5. The van der Waals surface area contributed by atoms with Crippen LogP contribution in [-0.2, 0) is 32.9 Å². The third-order valence-electron chi connectivity index (χ3n) is 9.13. The van der Waals surface area contributed by atoms with E-state index in [0.29, 0.717) is 25.0 Å². The van der Waals surface area contributed by atoms with Crippen molar-refractivity contribution in [2.24, 2.45) is 5.92 Å². The van der Waals surface area contributed by atoms with Crippen molar-refractivity contribution in [3.63, 3.8) is 0 Å². The molecule has 1 aliphatic heterocycles. The Balaban J connectivity index is 2.12. The maximum Gasteiger partial charge on any atom is 0.469 e. The molecule has 10 heteroatoms. The Morgan fingerprint density at radius 2 is 1.32 bits per heavy atom. The lowest BCUT2D eigenvalue weighted by molar-refractivity contribution is -0.161. The monoisotopic (exact) mass is 726 g/mol. The van der Waals surface area contributed by atoms with E-state index in [1.807, 2.05) is 6.08 Å². The van der Waals surface area contributed by atoms with Crippen LogP contribution in [0.3, 0.4) is 0 Å². The van der Waals surface area contributed by atoms with Gasteiger partial charge >= 0.3 is 19.8 Å². The minimum absolute atomic E-state index is 0.188. The molecule has 1 saturated heterocycles. The molecule has 4 atom stereocenters. The predicted molar refractivity (Wildman–Crippen MR) is 202 cm³/mol. The van der Waals surface area contributed by atoms with Gasteiger partial charge in [-0.15, -0.1) is 0 Å². The Kier molecular flexibility index (Phi) is 28.5. The summed E-state index contributed by atoms with van der Waals surface area (Å²) in [6.45, 7) is 5.94. The molecule has 1 fully saturated rings. The van der Waals surface area contributed by atoms with Crippen molar-refractivity contribution in [3.8, 4) is 0 Å². The van der Waals surface area contributed by atoms with E-state index in [9.17, 15) is 14.2 Å². The highest BCUT2D eigenvalue weighted by atomic mass is 31.2. The third kappa shape index (κ3) is 29.9. The van der Waals surface area contributed by atoms with Gasteiger partial charge in [0.2, 0.25) is 0 Å². The van der Waals surface area contributed by atoms with Crippen LogP contribution in [0.1, 0.15) is 168 Å². The maximum atomic E-state index is 12.4. The number of epoxide rings is 1. The molecule has 0 aromatic carbocycles. The van der Waals surface area contributed by atoms with E-state index in [-0.39, 0.29) is 19.4 Å². The summed E-state index contributed by atoms with van der Waals surface area (Å²) >= 11 is 0. The van der Waals surface area contributed by atoms with Crippen molar-refractivity contribution in [2.75, 3.05) is 13.2 Å². The van der Waals surface area contributed by atoms with Gasteiger partial charge in [0.1, 0.15) is 6.61 Å². The smallest absolute Gasteiger partial charge is 0.462 e. The fourth-order valence-corrected chi connectivity index (χ4v) is 6.03. The van der Waals surface area contributed by atoms with Gasteiger partial charge in [0.15, 0.2) is 6.10 Å². The molecular formula is C40H71O9P. The third-order valence-corrected chi connectivity index (χ3v) is 9.61. The molecule has 0 radical (unpaired) electrons. The SMILES string of the molecule is CCCCCC1OC1C/C=C\C/C=C\C/C=C\CCCC(=O)OC[C@H](COP(=O)(O)O)OC(=O)CCCCCCCCCCCCC(C)CC. The van der Waals surface area contributed by atoms with Crippen LogP contribution in [0.25, 0.3) is 0 Å². The van der Waals surface area contributed by atoms with Gasteiger partial charge in [0, 0.05) is 12.8 Å². The molecule has 0 spiro atoms. The average molecular weight is 727 g/mol.